The molecule has 11 heteroatoms. The van der Waals surface area contributed by atoms with Crippen LogP contribution in [0.5, 0.6) is 0 Å². The van der Waals surface area contributed by atoms with E-state index in [2.05, 4.69) is 5.32 Å². The number of sulfone groups is 1. The Kier molecular flexibility index (Phi) is 6.73. The number of nitrogens with one attached hydrogen (secondary N) is 1. The second-order valence-electron chi connectivity index (χ2n) is 6.59. The zero-order valence-corrected chi connectivity index (χ0v) is 18.4. The van der Waals surface area contributed by atoms with Gasteiger partial charge in [0.15, 0.2) is 9.84 Å². The highest BCUT2D eigenvalue weighted by atomic mass is 35.5. The van der Waals surface area contributed by atoms with E-state index in [1.165, 1.54) is 36.5 Å². The topological polar surface area (TPSA) is 106 Å². The lowest BCUT2D eigenvalue weighted by molar-refractivity contribution is -0.385. The fraction of sp³-hybridized carbons (Fsp3) is 0.150. The van der Waals surface area contributed by atoms with Crippen LogP contribution in [0, 0.1) is 22.9 Å². The molecule has 0 saturated carbocycles. The first kappa shape index (κ1) is 22.9. The average Bonchev–Trinajstić information content (AvgIpc) is 3.23. The van der Waals surface area contributed by atoms with Gasteiger partial charge in [0.1, 0.15) is 16.6 Å². The number of hydrogen-bond donors (Lipinski definition) is 1. The first-order chi connectivity index (χ1) is 14.6. The number of halogens is 2. The molecule has 0 radical (unpaired) electrons. The number of aryl methyl sites for hydroxylation is 1. The standard InChI is InChI=1S/C20H16ClFN2O5S2/c1-12-9-14(5-6-16(12)22)31(28,29)19(18-3-2-8-30-18)11-23-20(25)15-10-13(21)4-7-17(15)24(26)27/h2-10,19H,11H2,1H3,(H,23,25). The predicted molar refractivity (Wildman–Crippen MR) is 116 cm³/mol. The van der Waals surface area contributed by atoms with E-state index in [0.29, 0.717) is 4.88 Å². The summed E-state index contributed by atoms with van der Waals surface area (Å²) in [5, 5.41) is 14.3. The van der Waals surface area contributed by atoms with Crippen molar-refractivity contribution in [3.63, 3.8) is 0 Å². The summed E-state index contributed by atoms with van der Waals surface area (Å²) in [6, 6.07) is 10.3. The number of thiophene rings is 1. The molecule has 0 bridgehead atoms. The van der Waals surface area contributed by atoms with E-state index in [9.17, 15) is 27.7 Å². The van der Waals surface area contributed by atoms with Crippen LogP contribution in [-0.4, -0.2) is 25.8 Å². The van der Waals surface area contributed by atoms with Gasteiger partial charge in [0.25, 0.3) is 11.6 Å². The monoisotopic (exact) mass is 482 g/mol. The normalized spacial score (nSPS) is 12.4. The van der Waals surface area contributed by atoms with Gasteiger partial charge in [0, 0.05) is 22.5 Å². The summed E-state index contributed by atoms with van der Waals surface area (Å²) in [5.41, 5.74) is -0.561. The van der Waals surface area contributed by atoms with Gasteiger partial charge in [-0.1, -0.05) is 17.7 Å². The van der Waals surface area contributed by atoms with Crippen molar-refractivity contribution in [1.29, 1.82) is 0 Å². The van der Waals surface area contributed by atoms with Gasteiger partial charge in [-0.25, -0.2) is 12.8 Å². The molecular weight excluding hydrogens is 467 g/mol. The molecule has 7 nitrogen and oxygen atoms in total. The smallest absolute Gasteiger partial charge is 0.282 e. The molecule has 1 N–H and O–H groups in total. The molecule has 0 aliphatic heterocycles. The number of amides is 1. The fourth-order valence-corrected chi connectivity index (χ4v) is 5.97. The highest BCUT2D eigenvalue weighted by molar-refractivity contribution is 7.91. The van der Waals surface area contributed by atoms with Crippen LogP contribution in [0.2, 0.25) is 5.02 Å². The van der Waals surface area contributed by atoms with Crippen LogP contribution < -0.4 is 5.32 Å². The van der Waals surface area contributed by atoms with Crippen molar-refractivity contribution in [2.75, 3.05) is 6.54 Å². The Morgan fingerprint density at radius 3 is 2.61 bits per heavy atom. The Labute approximate surface area is 186 Å². The van der Waals surface area contributed by atoms with E-state index < -0.39 is 37.4 Å². The molecule has 0 fully saturated rings. The van der Waals surface area contributed by atoms with E-state index in [1.54, 1.807) is 17.5 Å². The number of nitro benzene ring substituents is 1. The number of carbonyl (C=O) groups is 1. The summed E-state index contributed by atoms with van der Waals surface area (Å²) in [5.74, 6) is -1.37. The number of rotatable bonds is 7. The molecule has 3 rings (SSSR count). The van der Waals surface area contributed by atoms with Crippen molar-refractivity contribution in [3.8, 4) is 0 Å². The highest BCUT2D eigenvalue weighted by Crippen LogP contribution is 2.32. The average molecular weight is 483 g/mol. The van der Waals surface area contributed by atoms with Crippen LogP contribution in [0.4, 0.5) is 10.1 Å². The maximum absolute atomic E-state index is 13.6. The van der Waals surface area contributed by atoms with Gasteiger partial charge in [-0.2, -0.15) is 0 Å². The number of carbonyl (C=O) groups excluding carboxylic acids is 1. The molecule has 2 aromatic carbocycles. The van der Waals surface area contributed by atoms with E-state index in [0.717, 1.165) is 18.2 Å². The van der Waals surface area contributed by atoms with Crippen LogP contribution in [0.3, 0.4) is 0 Å². The molecule has 3 aromatic rings. The Morgan fingerprint density at radius 1 is 1.26 bits per heavy atom. The molecule has 0 aliphatic rings. The summed E-state index contributed by atoms with van der Waals surface area (Å²) >= 11 is 7.05. The third kappa shape index (κ3) is 4.92. The SMILES string of the molecule is Cc1cc(S(=O)(=O)C(CNC(=O)c2cc(Cl)ccc2[N+](=O)[O-])c2cccs2)ccc1F. The molecule has 1 unspecified atom stereocenters. The molecular formula is C20H16ClFN2O5S2. The van der Waals surface area contributed by atoms with Gasteiger partial charge < -0.3 is 5.32 Å². The van der Waals surface area contributed by atoms with E-state index in [1.807, 2.05) is 0 Å². The third-order valence-corrected chi connectivity index (χ3v) is 7.99. The quantitative estimate of drug-likeness (QED) is 0.298. The summed E-state index contributed by atoms with van der Waals surface area (Å²) in [6.07, 6.45) is 0. The summed E-state index contributed by atoms with van der Waals surface area (Å²) < 4.78 is 40.2. The van der Waals surface area contributed by atoms with Gasteiger partial charge in [0.05, 0.1) is 9.82 Å². The van der Waals surface area contributed by atoms with E-state index in [-0.39, 0.29) is 27.6 Å². The Hall–Kier alpha value is -2.82. The fourth-order valence-electron chi connectivity index (χ4n) is 2.93. The van der Waals surface area contributed by atoms with Gasteiger partial charge >= 0.3 is 0 Å². The molecule has 0 saturated heterocycles. The van der Waals surface area contributed by atoms with Crippen molar-refractivity contribution in [3.05, 3.63) is 90.9 Å². The lowest BCUT2D eigenvalue weighted by atomic mass is 10.1. The molecule has 162 valence electrons. The van der Waals surface area contributed by atoms with E-state index >= 15 is 0 Å². The highest BCUT2D eigenvalue weighted by Gasteiger charge is 2.32. The number of benzene rings is 2. The number of nitrogens with zero attached hydrogens (tertiary/aromatic N) is 1. The van der Waals surface area contributed by atoms with Crippen LogP contribution in [-0.2, 0) is 9.84 Å². The van der Waals surface area contributed by atoms with E-state index in [4.69, 9.17) is 11.6 Å². The predicted octanol–water partition coefficient (Wildman–Crippen LogP) is 4.70. The second-order valence-corrected chi connectivity index (χ2v) is 10.1. The van der Waals surface area contributed by atoms with Crippen molar-refractivity contribution < 1.29 is 22.5 Å². The Bertz CT molecular complexity index is 1250. The number of hydrogen-bond acceptors (Lipinski definition) is 6. The largest absolute Gasteiger partial charge is 0.350 e. The summed E-state index contributed by atoms with van der Waals surface area (Å²) in [6.45, 7) is 1.11. The lowest BCUT2D eigenvalue weighted by Gasteiger charge is -2.18. The van der Waals surface area contributed by atoms with Crippen LogP contribution in [0.1, 0.15) is 26.0 Å². The summed E-state index contributed by atoms with van der Waals surface area (Å²) in [4.78, 5) is 23.5. The minimum absolute atomic E-state index is 0.0900. The lowest BCUT2D eigenvalue weighted by Crippen LogP contribution is -2.32. The van der Waals surface area contributed by atoms with Crippen molar-refractivity contribution in [2.24, 2.45) is 0 Å². The molecule has 31 heavy (non-hydrogen) atoms. The van der Waals surface area contributed by atoms with Crippen LogP contribution in [0.15, 0.2) is 58.8 Å². The minimum atomic E-state index is -4.01. The summed E-state index contributed by atoms with van der Waals surface area (Å²) in [7, 11) is -4.01. The maximum Gasteiger partial charge on any atom is 0.282 e. The molecule has 1 heterocycles. The molecule has 1 atom stereocenters. The van der Waals surface area contributed by atoms with Crippen molar-refractivity contribution in [1.82, 2.24) is 5.32 Å². The van der Waals surface area contributed by atoms with Crippen molar-refractivity contribution in [2.45, 2.75) is 17.1 Å². The van der Waals surface area contributed by atoms with Crippen LogP contribution >= 0.6 is 22.9 Å². The van der Waals surface area contributed by atoms with Gasteiger partial charge in [-0.05, 0) is 54.3 Å². The zero-order valence-electron chi connectivity index (χ0n) is 16.0. The first-order valence-corrected chi connectivity index (χ1v) is 11.7. The number of nitro groups is 1. The minimum Gasteiger partial charge on any atom is -0.350 e. The Balaban J connectivity index is 1.94. The zero-order chi connectivity index (χ0) is 22.8. The molecule has 0 spiro atoms. The van der Waals surface area contributed by atoms with Crippen LogP contribution in [0.25, 0.3) is 0 Å². The van der Waals surface area contributed by atoms with Gasteiger partial charge in [-0.15, -0.1) is 11.3 Å². The van der Waals surface area contributed by atoms with Crippen molar-refractivity contribution >= 4 is 44.4 Å². The van der Waals surface area contributed by atoms with Gasteiger partial charge in [0.2, 0.25) is 0 Å². The van der Waals surface area contributed by atoms with Gasteiger partial charge in [-0.3, -0.25) is 14.9 Å². The first-order valence-electron chi connectivity index (χ1n) is 8.87. The Morgan fingerprint density at radius 2 is 2.00 bits per heavy atom. The maximum atomic E-state index is 13.6. The molecule has 1 aromatic heterocycles. The molecule has 1 amide bonds. The third-order valence-electron chi connectivity index (χ3n) is 4.54. The molecule has 0 aliphatic carbocycles. The second kappa shape index (κ2) is 9.13.